The maximum Gasteiger partial charge on any atom is 0.344 e. The fourth-order valence-electron chi connectivity index (χ4n) is 4.19. The van der Waals surface area contributed by atoms with Gasteiger partial charge in [0.1, 0.15) is 17.1 Å². The first kappa shape index (κ1) is 20.9. The number of hydrogen-bond acceptors (Lipinski definition) is 6. The highest BCUT2D eigenvalue weighted by molar-refractivity contribution is 9.10. The second kappa shape index (κ2) is 7.86. The molecular formula is C26H15BrO6. The Morgan fingerprint density at radius 3 is 2.12 bits per heavy atom. The molecule has 1 aliphatic rings. The highest BCUT2D eigenvalue weighted by Crippen LogP contribution is 2.43. The van der Waals surface area contributed by atoms with Gasteiger partial charge in [-0.15, -0.1) is 0 Å². The van der Waals surface area contributed by atoms with E-state index in [0.29, 0.717) is 5.56 Å². The van der Waals surface area contributed by atoms with Crippen molar-refractivity contribution in [3.05, 3.63) is 116 Å². The summed E-state index contributed by atoms with van der Waals surface area (Å²) in [6.45, 7) is 0. The molecule has 3 aromatic carbocycles. The molecular weight excluding hydrogens is 488 g/mol. The SMILES string of the molecule is O=C1C(=O)c2ccccc2C(O)=C1C(c1ccc(Br)cc1)c1c(O)c2ccccc2oc1=O. The molecule has 6 nitrogen and oxygen atoms in total. The molecule has 1 heterocycles. The van der Waals surface area contributed by atoms with Gasteiger partial charge >= 0.3 is 5.63 Å². The number of allylic oxidation sites excluding steroid dienone is 1. The van der Waals surface area contributed by atoms with Crippen molar-refractivity contribution in [3.63, 3.8) is 0 Å². The summed E-state index contributed by atoms with van der Waals surface area (Å²) >= 11 is 3.35. The first-order valence-electron chi connectivity index (χ1n) is 10.00. The molecule has 2 N–H and O–H groups in total. The first-order chi connectivity index (χ1) is 15.9. The second-order valence-electron chi connectivity index (χ2n) is 7.60. The average Bonchev–Trinajstić information content (AvgIpc) is 2.82. The lowest BCUT2D eigenvalue weighted by molar-refractivity contribution is -0.112. The van der Waals surface area contributed by atoms with E-state index in [2.05, 4.69) is 15.9 Å². The summed E-state index contributed by atoms with van der Waals surface area (Å²) in [6, 6.07) is 19.3. The first-order valence-corrected chi connectivity index (χ1v) is 10.8. The van der Waals surface area contributed by atoms with Gasteiger partial charge < -0.3 is 14.6 Å². The standard InChI is InChI=1S/C26H15BrO6/c27-14-11-9-13(10-12-14)19(21-23(29)17-7-3-4-8-18(17)33-26(21)32)20-22(28)15-5-1-2-6-16(15)24(30)25(20)31/h1-12,19,28-29H. The zero-order chi connectivity index (χ0) is 23.3. The third-order valence-corrected chi connectivity index (χ3v) is 6.26. The fraction of sp³-hybridized carbons (Fsp3) is 0.0385. The predicted octanol–water partition coefficient (Wildman–Crippen LogP) is 5.13. The summed E-state index contributed by atoms with van der Waals surface area (Å²) in [7, 11) is 0. The number of halogens is 1. The molecule has 5 rings (SSSR count). The predicted molar refractivity (Wildman–Crippen MR) is 125 cm³/mol. The molecule has 0 spiro atoms. The van der Waals surface area contributed by atoms with Crippen molar-refractivity contribution in [1.29, 1.82) is 0 Å². The fourth-order valence-corrected chi connectivity index (χ4v) is 4.45. The Kier molecular flexibility index (Phi) is 4.98. The minimum absolute atomic E-state index is 0.0769. The maximum atomic E-state index is 13.2. The van der Waals surface area contributed by atoms with Crippen LogP contribution in [0.4, 0.5) is 0 Å². The van der Waals surface area contributed by atoms with Gasteiger partial charge in [-0.2, -0.15) is 0 Å². The van der Waals surface area contributed by atoms with E-state index in [9.17, 15) is 24.6 Å². The van der Waals surface area contributed by atoms with Crippen LogP contribution >= 0.6 is 15.9 Å². The topological polar surface area (TPSA) is 105 Å². The van der Waals surface area contributed by atoms with Crippen LogP contribution in [-0.4, -0.2) is 21.8 Å². The number of carbonyl (C=O) groups excluding carboxylic acids is 2. The summed E-state index contributed by atoms with van der Waals surface area (Å²) in [4.78, 5) is 39.2. The van der Waals surface area contributed by atoms with E-state index in [1.807, 2.05) is 0 Å². The van der Waals surface area contributed by atoms with Crippen LogP contribution in [0, 0.1) is 0 Å². The van der Waals surface area contributed by atoms with E-state index in [1.165, 1.54) is 18.2 Å². The number of aliphatic hydroxyl groups excluding tert-OH is 1. The zero-order valence-electron chi connectivity index (χ0n) is 16.9. The summed E-state index contributed by atoms with van der Waals surface area (Å²) in [5.74, 6) is -3.80. The van der Waals surface area contributed by atoms with Gasteiger partial charge in [0.25, 0.3) is 0 Å². The molecule has 0 aliphatic heterocycles. The average molecular weight is 503 g/mol. The minimum atomic E-state index is -1.25. The van der Waals surface area contributed by atoms with Gasteiger partial charge in [-0.3, -0.25) is 9.59 Å². The third-order valence-electron chi connectivity index (χ3n) is 5.73. The Morgan fingerprint density at radius 2 is 1.39 bits per heavy atom. The number of fused-ring (bicyclic) bond motifs is 2. The molecule has 162 valence electrons. The van der Waals surface area contributed by atoms with Gasteiger partial charge in [0.2, 0.25) is 11.6 Å². The lowest BCUT2D eigenvalue weighted by atomic mass is 9.76. The van der Waals surface area contributed by atoms with E-state index in [1.54, 1.807) is 54.6 Å². The van der Waals surface area contributed by atoms with Crippen molar-refractivity contribution in [2.24, 2.45) is 0 Å². The minimum Gasteiger partial charge on any atom is -0.507 e. The Labute approximate surface area is 195 Å². The smallest absolute Gasteiger partial charge is 0.344 e. The third kappa shape index (κ3) is 3.29. The summed E-state index contributed by atoms with van der Waals surface area (Å²) in [5, 5.41) is 22.5. The quantitative estimate of drug-likeness (QED) is 0.297. The molecule has 0 bridgehead atoms. The van der Waals surface area contributed by atoms with Crippen molar-refractivity contribution in [2.75, 3.05) is 0 Å². The molecule has 1 aromatic heterocycles. The molecule has 0 amide bonds. The zero-order valence-corrected chi connectivity index (χ0v) is 18.5. The molecule has 33 heavy (non-hydrogen) atoms. The summed E-state index contributed by atoms with van der Waals surface area (Å²) in [6.07, 6.45) is 0. The maximum absolute atomic E-state index is 13.2. The van der Waals surface area contributed by atoms with E-state index in [-0.39, 0.29) is 39.0 Å². The number of para-hydroxylation sites is 1. The van der Waals surface area contributed by atoms with E-state index >= 15 is 0 Å². The Balaban J connectivity index is 1.88. The van der Waals surface area contributed by atoms with Crippen molar-refractivity contribution < 1.29 is 24.2 Å². The number of carbonyl (C=O) groups is 2. The van der Waals surface area contributed by atoms with Crippen molar-refractivity contribution in [3.8, 4) is 5.75 Å². The van der Waals surface area contributed by atoms with Crippen LogP contribution in [0.5, 0.6) is 5.75 Å². The van der Waals surface area contributed by atoms with Crippen LogP contribution in [0.1, 0.15) is 33.0 Å². The molecule has 0 fully saturated rings. The van der Waals surface area contributed by atoms with Gasteiger partial charge in [-0.25, -0.2) is 4.79 Å². The number of ketones is 2. The molecule has 1 aliphatic carbocycles. The molecule has 0 saturated carbocycles. The second-order valence-corrected chi connectivity index (χ2v) is 8.51. The lowest BCUT2D eigenvalue weighted by Gasteiger charge is -2.25. The Morgan fingerprint density at radius 1 is 0.758 bits per heavy atom. The van der Waals surface area contributed by atoms with Crippen LogP contribution < -0.4 is 5.63 Å². The molecule has 0 saturated heterocycles. The van der Waals surface area contributed by atoms with Crippen LogP contribution in [0.2, 0.25) is 0 Å². The largest absolute Gasteiger partial charge is 0.507 e. The van der Waals surface area contributed by atoms with Crippen LogP contribution in [0.3, 0.4) is 0 Å². The summed E-state index contributed by atoms with van der Waals surface area (Å²) in [5.41, 5.74) is -0.557. The van der Waals surface area contributed by atoms with Gasteiger partial charge in [0, 0.05) is 15.6 Å². The monoisotopic (exact) mass is 502 g/mol. The van der Waals surface area contributed by atoms with Crippen molar-refractivity contribution in [1.82, 2.24) is 0 Å². The highest BCUT2D eigenvalue weighted by atomic mass is 79.9. The van der Waals surface area contributed by atoms with E-state index in [4.69, 9.17) is 4.42 Å². The number of aromatic hydroxyl groups is 1. The van der Waals surface area contributed by atoms with Crippen molar-refractivity contribution in [2.45, 2.75) is 5.92 Å². The van der Waals surface area contributed by atoms with Gasteiger partial charge in [-0.1, -0.05) is 64.5 Å². The molecule has 0 radical (unpaired) electrons. The molecule has 1 unspecified atom stereocenters. The molecule has 1 atom stereocenters. The van der Waals surface area contributed by atoms with Crippen LogP contribution in [-0.2, 0) is 4.79 Å². The number of Topliss-reactive ketones (excluding diaryl/α,β-unsaturated/α-hetero) is 2. The lowest BCUT2D eigenvalue weighted by Crippen LogP contribution is -2.29. The number of aliphatic hydroxyl groups is 1. The normalized spacial score (nSPS) is 14.5. The van der Waals surface area contributed by atoms with E-state index in [0.717, 1.165) is 4.47 Å². The highest BCUT2D eigenvalue weighted by Gasteiger charge is 2.40. The van der Waals surface area contributed by atoms with Crippen molar-refractivity contribution >= 4 is 44.2 Å². The van der Waals surface area contributed by atoms with E-state index < -0.39 is 28.9 Å². The molecule has 4 aromatic rings. The Hall–Kier alpha value is -3.97. The molecule has 7 heteroatoms. The number of benzene rings is 3. The van der Waals surface area contributed by atoms with Crippen LogP contribution in [0.25, 0.3) is 16.7 Å². The van der Waals surface area contributed by atoms with Gasteiger partial charge in [0.15, 0.2) is 0 Å². The number of rotatable bonds is 3. The van der Waals surface area contributed by atoms with Gasteiger partial charge in [-0.05, 0) is 29.8 Å². The Bertz CT molecular complexity index is 1550. The number of hydrogen-bond donors (Lipinski definition) is 2. The van der Waals surface area contributed by atoms with Crippen LogP contribution in [0.15, 0.2) is 92.1 Å². The summed E-state index contributed by atoms with van der Waals surface area (Å²) < 4.78 is 6.18. The van der Waals surface area contributed by atoms with Gasteiger partial charge in [0.05, 0.1) is 22.4 Å².